The topological polar surface area (TPSA) is 96.0 Å². The van der Waals surface area contributed by atoms with Crippen molar-refractivity contribution in [2.24, 2.45) is 5.92 Å². The van der Waals surface area contributed by atoms with E-state index in [0.29, 0.717) is 36.9 Å². The lowest BCUT2D eigenvalue weighted by Crippen LogP contribution is -2.48. The summed E-state index contributed by atoms with van der Waals surface area (Å²) in [5.74, 6) is 0.506. The Kier molecular flexibility index (Phi) is 10.6. The van der Waals surface area contributed by atoms with E-state index in [1.165, 1.54) is 4.31 Å². The first kappa shape index (κ1) is 28.2. The summed E-state index contributed by atoms with van der Waals surface area (Å²) in [5.41, 5.74) is 1.42. The molecule has 0 bridgehead atoms. The molecule has 0 fully saturated rings. The second kappa shape index (κ2) is 13.1. The first-order valence-electron chi connectivity index (χ1n) is 11.8. The fraction of sp³-hybridized carbons (Fsp3) is 0.462. The number of methoxy groups -OCH3 is 1. The molecule has 0 aliphatic rings. The SMILES string of the molecule is COc1ccc(N(CCCC(=O)N(Cc2ccccc2)[C@@H](C)C(=O)NCC(C)C)S(C)(=O)=O)cc1. The molecule has 0 heterocycles. The van der Waals surface area contributed by atoms with Gasteiger partial charge in [0.15, 0.2) is 0 Å². The first-order chi connectivity index (χ1) is 16.5. The van der Waals surface area contributed by atoms with Gasteiger partial charge in [-0.15, -0.1) is 0 Å². The number of sulfonamides is 1. The van der Waals surface area contributed by atoms with Gasteiger partial charge in [-0.05, 0) is 49.1 Å². The van der Waals surface area contributed by atoms with Gasteiger partial charge < -0.3 is 15.0 Å². The number of carbonyl (C=O) groups is 2. The molecule has 2 aromatic rings. The van der Waals surface area contributed by atoms with E-state index >= 15 is 0 Å². The Bertz CT molecular complexity index is 1060. The lowest BCUT2D eigenvalue weighted by molar-refractivity contribution is -0.140. The van der Waals surface area contributed by atoms with E-state index in [9.17, 15) is 18.0 Å². The van der Waals surface area contributed by atoms with Gasteiger partial charge >= 0.3 is 0 Å². The van der Waals surface area contributed by atoms with Crippen LogP contribution in [-0.4, -0.2) is 57.6 Å². The van der Waals surface area contributed by atoms with E-state index in [0.717, 1.165) is 11.8 Å². The van der Waals surface area contributed by atoms with Crippen LogP contribution in [0.4, 0.5) is 5.69 Å². The minimum atomic E-state index is -3.55. The van der Waals surface area contributed by atoms with E-state index < -0.39 is 16.1 Å². The number of carbonyl (C=O) groups excluding carboxylic acids is 2. The summed E-state index contributed by atoms with van der Waals surface area (Å²) in [6.45, 7) is 6.70. The molecule has 0 saturated heterocycles. The first-order valence-corrected chi connectivity index (χ1v) is 13.6. The lowest BCUT2D eigenvalue weighted by atomic mass is 10.1. The van der Waals surface area contributed by atoms with Crippen LogP contribution in [0.25, 0.3) is 0 Å². The summed E-state index contributed by atoms with van der Waals surface area (Å²) < 4.78 is 31.2. The zero-order valence-corrected chi connectivity index (χ0v) is 22.0. The molecule has 1 atom stereocenters. The van der Waals surface area contributed by atoms with E-state index in [1.807, 2.05) is 44.2 Å². The highest BCUT2D eigenvalue weighted by Crippen LogP contribution is 2.22. The molecule has 2 rings (SSSR count). The van der Waals surface area contributed by atoms with Crippen LogP contribution in [0.3, 0.4) is 0 Å². The summed E-state index contributed by atoms with van der Waals surface area (Å²) >= 11 is 0. The van der Waals surface area contributed by atoms with Crippen molar-refractivity contribution in [2.75, 3.05) is 30.8 Å². The largest absolute Gasteiger partial charge is 0.497 e. The second-order valence-corrected chi connectivity index (χ2v) is 10.9. The van der Waals surface area contributed by atoms with Crippen LogP contribution < -0.4 is 14.4 Å². The molecule has 0 unspecified atom stereocenters. The minimum absolute atomic E-state index is 0.108. The van der Waals surface area contributed by atoms with Gasteiger partial charge in [0.1, 0.15) is 11.8 Å². The molecule has 35 heavy (non-hydrogen) atoms. The molecule has 2 amide bonds. The molecule has 0 aliphatic heterocycles. The lowest BCUT2D eigenvalue weighted by Gasteiger charge is -2.29. The molecule has 2 aromatic carbocycles. The highest BCUT2D eigenvalue weighted by molar-refractivity contribution is 7.92. The number of ether oxygens (including phenoxy) is 1. The van der Waals surface area contributed by atoms with Crippen molar-refractivity contribution >= 4 is 27.5 Å². The van der Waals surface area contributed by atoms with Crippen LogP contribution in [0.2, 0.25) is 0 Å². The number of amides is 2. The van der Waals surface area contributed by atoms with Crippen molar-refractivity contribution in [1.29, 1.82) is 0 Å². The average Bonchev–Trinajstić information content (AvgIpc) is 2.83. The smallest absolute Gasteiger partial charge is 0.242 e. The highest BCUT2D eigenvalue weighted by atomic mass is 32.2. The quantitative estimate of drug-likeness (QED) is 0.452. The Hall–Kier alpha value is -3.07. The molecular weight excluding hydrogens is 466 g/mol. The maximum absolute atomic E-state index is 13.2. The number of nitrogens with one attached hydrogen (secondary N) is 1. The Morgan fingerprint density at radius 3 is 2.17 bits per heavy atom. The zero-order chi connectivity index (χ0) is 26.0. The predicted molar refractivity (Wildman–Crippen MR) is 139 cm³/mol. The van der Waals surface area contributed by atoms with Gasteiger partial charge in [-0.25, -0.2) is 8.42 Å². The maximum Gasteiger partial charge on any atom is 0.242 e. The summed E-state index contributed by atoms with van der Waals surface area (Å²) in [4.78, 5) is 27.5. The molecule has 0 aliphatic carbocycles. The summed E-state index contributed by atoms with van der Waals surface area (Å²) in [6, 6.07) is 15.6. The third-order valence-electron chi connectivity index (χ3n) is 5.56. The Morgan fingerprint density at radius 1 is 1.00 bits per heavy atom. The number of nitrogens with zero attached hydrogens (tertiary/aromatic N) is 2. The molecule has 8 nitrogen and oxygen atoms in total. The van der Waals surface area contributed by atoms with Crippen LogP contribution >= 0.6 is 0 Å². The highest BCUT2D eigenvalue weighted by Gasteiger charge is 2.26. The van der Waals surface area contributed by atoms with Crippen LogP contribution in [0, 0.1) is 5.92 Å². The maximum atomic E-state index is 13.2. The second-order valence-electron chi connectivity index (χ2n) is 8.96. The number of hydrogen-bond donors (Lipinski definition) is 1. The van der Waals surface area contributed by atoms with Gasteiger partial charge in [0.05, 0.1) is 19.1 Å². The number of hydrogen-bond acceptors (Lipinski definition) is 5. The fourth-order valence-electron chi connectivity index (χ4n) is 3.57. The Labute approximate surface area is 209 Å². The van der Waals surface area contributed by atoms with Crippen LogP contribution in [-0.2, 0) is 26.2 Å². The van der Waals surface area contributed by atoms with Crippen molar-refractivity contribution in [3.05, 3.63) is 60.2 Å². The monoisotopic (exact) mass is 503 g/mol. The van der Waals surface area contributed by atoms with Gasteiger partial charge in [0.2, 0.25) is 21.8 Å². The Morgan fingerprint density at radius 2 is 1.63 bits per heavy atom. The normalized spacial score (nSPS) is 12.2. The van der Waals surface area contributed by atoms with Gasteiger partial charge in [-0.2, -0.15) is 0 Å². The third-order valence-corrected chi connectivity index (χ3v) is 6.75. The zero-order valence-electron chi connectivity index (χ0n) is 21.2. The molecule has 0 radical (unpaired) electrons. The molecule has 192 valence electrons. The van der Waals surface area contributed by atoms with Gasteiger partial charge in [-0.1, -0.05) is 44.2 Å². The number of benzene rings is 2. The minimum Gasteiger partial charge on any atom is -0.497 e. The van der Waals surface area contributed by atoms with Crippen LogP contribution in [0.5, 0.6) is 5.75 Å². The third kappa shape index (κ3) is 8.90. The molecule has 9 heteroatoms. The van der Waals surface area contributed by atoms with Gasteiger partial charge in [-0.3, -0.25) is 13.9 Å². The van der Waals surface area contributed by atoms with Crippen molar-refractivity contribution < 1.29 is 22.7 Å². The molecule has 0 aromatic heterocycles. The number of anilines is 1. The summed E-state index contributed by atoms with van der Waals surface area (Å²) in [7, 11) is -2.00. The Balaban J connectivity index is 2.12. The average molecular weight is 504 g/mol. The molecular formula is C26H37N3O5S. The fourth-order valence-corrected chi connectivity index (χ4v) is 4.53. The van der Waals surface area contributed by atoms with Crippen LogP contribution in [0.1, 0.15) is 39.2 Å². The van der Waals surface area contributed by atoms with E-state index in [1.54, 1.807) is 43.2 Å². The molecule has 0 spiro atoms. The summed E-state index contributed by atoms with van der Waals surface area (Å²) in [5, 5.41) is 2.90. The van der Waals surface area contributed by atoms with Gasteiger partial charge in [0, 0.05) is 26.1 Å². The van der Waals surface area contributed by atoms with Crippen LogP contribution in [0.15, 0.2) is 54.6 Å². The van der Waals surface area contributed by atoms with E-state index in [2.05, 4.69) is 5.32 Å². The van der Waals surface area contributed by atoms with Crippen molar-refractivity contribution in [3.63, 3.8) is 0 Å². The molecule has 1 N–H and O–H groups in total. The van der Waals surface area contributed by atoms with Crippen molar-refractivity contribution in [3.8, 4) is 5.75 Å². The van der Waals surface area contributed by atoms with Gasteiger partial charge in [0.25, 0.3) is 0 Å². The standard InChI is InChI=1S/C26H37N3O5S/c1-20(2)18-27-26(31)21(3)28(19-22-10-7-6-8-11-22)25(30)12-9-17-29(35(5,32)33)23-13-15-24(34-4)16-14-23/h6-8,10-11,13-16,20-21H,9,12,17-19H2,1-5H3,(H,27,31)/t21-/m0/s1. The van der Waals surface area contributed by atoms with Crippen molar-refractivity contribution in [1.82, 2.24) is 10.2 Å². The van der Waals surface area contributed by atoms with E-state index in [-0.39, 0.29) is 24.8 Å². The molecule has 0 saturated carbocycles. The van der Waals surface area contributed by atoms with Crippen molar-refractivity contribution in [2.45, 2.75) is 46.2 Å². The van der Waals surface area contributed by atoms with E-state index in [4.69, 9.17) is 4.74 Å². The predicted octanol–water partition coefficient (Wildman–Crippen LogP) is 3.43. The number of rotatable bonds is 13. The summed E-state index contributed by atoms with van der Waals surface area (Å²) in [6.07, 6.45) is 1.56.